The number of benzene rings is 3. The number of fused-ring (bicyclic) bond motifs is 5. The minimum Gasteiger partial charge on any atom is -0.463 e. The lowest BCUT2D eigenvalue weighted by Crippen LogP contribution is -2.11. The van der Waals surface area contributed by atoms with Crippen molar-refractivity contribution in [2.75, 3.05) is 0 Å². The number of rotatable bonds is 1. The van der Waals surface area contributed by atoms with E-state index in [2.05, 4.69) is 48.5 Å². The fourth-order valence-electron chi connectivity index (χ4n) is 5.01. The maximum Gasteiger partial charge on any atom is 0.339 e. The minimum atomic E-state index is -0.178. The van der Waals surface area contributed by atoms with Crippen molar-refractivity contribution in [1.29, 1.82) is 0 Å². The highest BCUT2D eigenvalue weighted by Crippen LogP contribution is 2.39. The number of hydrogen-bond donors (Lipinski definition) is 0. The van der Waals surface area contributed by atoms with Crippen LogP contribution < -0.4 is 5.63 Å². The second-order valence-electron chi connectivity index (χ2n) is 8.37. The van der Waals surface area contributed by atoms with Crippen LogP contribution in [0.25, 0.3) is 43.8 Å². The van der Waals surface area contributed by atoms with Gasteiger partial charge in [-0.2, -0.15) is 0 Å². The van der Waals surface area contributed by atoms with Gasteiger partial charge >= 0.3 is 5.63 Å². The largest absolute Gasteiger partial charge is 0.463 e. The van der Waals surface area contributed by atoms with Crippen LogP contribution in [-0.4, -0.2) is 0 Å². The van der Waals surface area contributed by atoms with Gasteiger partial charge in [0, 0.05) is 27.5 Å². The molecule has 0 bridgehead atoms. The number of aryl methyl sites for hydroxylation is 2. The van der Waals surface area contributed by atoms with Crippen LogP contribution in [0.15, 0.2) is 68.4 Å². The van der Waals surface area contributed by atoms with Crippen LogP contribution in [0.5, 0.6) is 0 Å². The van der Waals surface area contributed by atoms with Gasteiger partial charge in [-0.25, -0.2) is 4.79 Å². The van der Waals surface area contributed by atoms with Crippen molar-refractivity contribution in [1.82, 2.24) is 0 Å². The van der Waals surface area contributed by atoms with E-state index in [4.69, 9.17) is 8.83 Å². The molecule has 6 rings (SSSR count). The highest BCUT2D eigenvalue weighted by molar-refractivity contribution is 6.05. The van der Waals surface area contributed by atoms with Crippen LogP contribution >= 0.6 is 0 Å². The van der Waals surface area contributed by atoms with E-state index in [1.54, 1.807) is 0 Å². The van der Waals surface area contributed by atoms with Crippen molar-refractivity contribution in [2.45, 2.75) is 39.0 Å². The number of hydrogen-bond acceptors (Lipinski definition) is 3. The van der Waals surface area contributed by atoms with E-state index in [-0.39, 0.29) is 5.63 Å². The Morgan fingerprint density at radius 1 is 0.800 bits per heavy atom. The van der Waals surface area contributed by atoms with Crippen LogP contribution in [0.2, 0.25) is 0 Å². The summed E-state index contributed by atoms with van der Waals surface area (Å²) in [5.74, 6) is 0. The Hall–Kier alpha value is -3.33. The molecule has 5 aromatic rings. The SMILES string of the molecule is Cc1c2occ(-c3ccc4ccccc4c3)c2cc2c3c(c(=O)oc12)CCCCC3. The second-order valence-corrected chi connectivity index (χ2v) is 8.37. The quantitative estimate of drug-likeness (QED) is 0.228. The van der Waals surface area contributed by atoms with E-state index in [0.29, 0.717) is 5.58 Å². The summed E-state index contributed by atoms with van der Waals surface area (Å²) in [5.41, 5.74) is 6.45. The molecule has 3 aromatic carbocycles. The average molecular weight is 394 g/mol. The van der Waals surface area contributed by atoms with Gasteiger partial charge in [-0.1, -0.05) is 42.8 Å². The molecule has 1 aliphatic rings. The molecule has 1 aliphatic carbocycles. The van der Waals surface area contributed by atoms with Gasteiger partial charge in [0.2, 0.25) is 0 Å². The van der Waals surface area contributed by atoms with Gasteiger partial charge in [0.15, 0.2) is 0 Å². The van der Waals surface area contributed by atoms with Crippen molar-refractivity contribution in [3.63, 3.8) is 0 Å². The van der Waals surface area contributed by atoms with Crippen LogP contribution in [0.1, 0.15) is 36.0 Å². The van der Waals surface area contributed by atoms with Crippen molar-refractivity contribution >= 4 is 32.7 Å². The molecule has 0 spiro atoms. The standard InChI is InChI=1S/C27H22O3/c1-16-25-23(14-22-20-9-3-2-4-10-21(20)27(28)30-26(16)22)24(15-29-25)19-12-11-17-7-5-6-8-18(17)13-19/h5-8,11-15H,2-4,9-10H2,1H3. The monoisotopic (exact) mass is 394 g/mol. The molecule has 0 fully saturated rings. The average Bonchev–Trinajstić information content (AvgIpc) is 3.03. The summed E-state index contributed by atoms with van der Waals surface area (Å²) < 4.78 is 11.8. The zero-order valence-electron chi connectivity index (χ0n) is 17.0. The van der Waals surface area contributed by atoms with Crippen molar-refractivity contribution < 1.29 is 8.83 Å². The van der Waals surface area contributed by atoms with Crippen LogP contribution in [0.4, 0.5) is 0 Å². The highest BCUT2D eigenvalue weighted by Gasteiger charge is 2.21. The third-order valence-electron chi connectivity index (χ3n) is 6.59. The topological polar surface area (TPSA) is 43.4 Å². The zero-order valence-corrected chi connectivity index (χ0v) is 17.0. The molecule has 2 heterocycles. The lowest BCUT2D eigenvalue weighted by molar-refractivity contribution is 0.543. The lowest BCUT2D eigenvalue weighted by Gasteiger charge is -2.11. The maximum atomic E-state index is 12.7. The lowest BCUT2D eigenvalue weighted by atomic mass is 9.95. The predicted molar refractivity (Wildman–Crippen MR) is 121 cm³/mol. The first-order valence-electron chi connectivity index (χ1n) is 10.7. The Morgan fingerprint density at radius 2 is 1.60 bits per heavy atom. The molecule has 2 aromatic heterocycles. The second kappa shape index (κ2) is 6.60. The fourth-order valence-corrected chi connectivity index (χ4v) is 5.01. The molecule has 3 nitrogen and oxygen atoms in total. The molecule has 0 saturated carbocycles. The molecule has 0 amide bonds. The van der Waals surface area contributed by atoms with Crippen LogP contribution in [0, 0.1) is 6.92 Å². The van der Waals surface area contributed by atoms with E-state index in [1.807, 2.05) is 13.2 Å². The molecule has 0 N–H and O–H groups in total. The van der Waals surface area contributed by atoms with E-state index < -0.39 is 0 Å². The molecule has 0 radical (unpaired) electrons. The normalized spacial score (nSPS) is 14.3. The maximum absolute atomic E-state index is 12.7. The molecule has 0 aliphatic heterocycles. The van der Waals surface area contributed by atoms with Crippen molar-refractivity contribution in [2.24, 2.45) is 0 Å². The molecule has 0 saturated heterocycles. The zero-order chi connectivity index (χ0) is 20.2. The Balaban J connectivity index is 1.66. The molecule has 30 heavy (non-hydrogen) atoms. The summed E-state index contributed by atoms with van der Waals surface area (Å²) in [6, 6.07) is 17.1. The van der Waals surface area contributed by atoms with Gasteiger partial charge in [-0.3, -0.25) is 0 Å². The van der Waals surface area contributed by atoms with Gasteiger partial charge < -0.3 is 8.83 Å². The summed E-state index contributed by atoms with van der Waals surface area (Å²) in [5, 5.41) is 4.58. The Morgan fingerprint density at radius 3 is 2.47 bits per heavy atom. The summed E-state index contributed by atoms with van der Waals surface area (Å²) in [7, 11) is 0. The number of furan rings is 1. The van der Waals surface area contributed by atoms with E-state index in [0.717, 1.165) is 70.7 Å². The Bertz CT molecular complexity index is 1500. The molecular weight excluding hydrogens is 372 g/mol. The summed E-state index contributed by atoms with van der Waals surface area (Å²) in [6.45, 7) is 1.99. The van der Waals surface area contributed by atoms with Gasteiger partial charge in [0.1, 0.15) is 11.2 Å². The third kappa shape index (κ3) is 2.55. The molecule has 0 atom stereocenters. The highest BCUT2D eigenvalue weighted by atomic mass is 16.4. The van der Waals surface area contributed by atoms with E-state index in [9.17, 15) is 4.79 Å². The fraction of sp³-hybridized carbons (Fsp3) is 0.222. The molecular formula is C27H22O3. The van der Waals surface area contributed by atoms with Crippen LogP contribution in [0.3, 0.4) is 0 Å². The molecule has 3 heteroatoms. The molecule has 148 valence electrons. The first kappa shape index (κ1) is 17.5. The minimum absolute atomic E-state index is 0.178. The predicted octanol–water partition coefficient (Wildman–Crippen LogP) is 6.94. The first-order valence-corrected chi connectivity index (χ1v) is 10.7. The first-order chi connectivity index (χ1) is 14.7. The van der Waals surface area contributed by atoms with Crippen molar-refractivity contribution in [3.8, 4) is 11.1 Å². The van der Waals surface area contributed by atoms with Crippen LogP contribution in [-0.2, 0) is 12.8 Å². The smallest absolute Gasteiger partial charge is 0.339 e. The Labute approximate surface area is 173 Å². The van der Waals surface area contributed by atoms with Gasteiger partial charge in [-0.15, -0.1) is 0 Å². The van der Waals surface area contributed by atoms with Gasteiger partial charge in [-0.05, 0) is 66.6 Å². The third-order valence-corrected chi connectivity index (χ3v) is 6.59. The van der Waals surface area contributed by atoms with E-state index in [1.165, 1.54) is 16.3 Å². The Kier molecular flexibility index (Phi) is 3.85. The summed E-state index contributed by atoms with van der Waals surface area (Å²) >= 11 is 0. The van der Waals surface area contributed by atoms with Gasteiger partial charge in [0.05, 0.1) is 6.26 Å². The summed E-state index contributed by atoms with van der Waals surface area (Å²) in [6.07, 6.45) is 6.91. The van der Waals surface area contributed by atoms with Crippen molar-refractivity contribution in [3.05, 3.63) is 81.9 Å². The van der Waals surface area contributed by atoms with E-state index >= 15 is 0 Å². The molecule has 0 unspecified atom stereocenters. The summed E-state index contributed by atoms with van der Waals surface area (Å²) in [4.78, 5) is 12.7. The van der Waals surface area contributed by atoms with Gasteiger partial charge in [0.25, 0.3) is 0 Å².